The lowest BCUT2D eigenvalue weighted by Crippen LogP contribution is -2.39. The van der Waals surface area contributed by atoms with Gasteiger partial charge in [0.1, 0.15) is 5.82 Å². The molecule has 1 aliphatic heterocycles. The van der Waals surface area contributed by atoms with Crippen LogP contribution >= 0.6 is 0 Å². The number of halogens is 3. The Labute approximate surface area is 145 Å². The molecule has 0 radical (unpaired) electrons. The van der Waals surface area contributed by atoms with E-state index in [0.29, 0.717) is 32.0 Å². The summed E-state index contributed by atoms with van der Waals surface area (Å²) in [6, 6.07) is 2.47. The van der Waals surface area contributed by atoms with Gasteiger partial charge in [0, 0.05) is 38.3 Å². The highest BCUT2D eigenvalue weighted by molar-refractivity contribution is 5.79. The molecule has 0 saturated carbocycles. The van der Waals surface area contributed by atoms with Crippen molar-refractivity contribution in [3.05, 3.63) is 36.0 Å². The first-order chi connectivity index (χ1) is 11.9. The summed E-state index contributed by atoms with van der Waals surface area (Å²) in [5.41, 5.74) is -0.742. The van der Waals surface area contributed by atoms with E-state index in [2.05, 4.69) is 17.1 Å². The van der Waals surface area contributed by atoms with E-state index in [9.17, 15) is 18.0 Å². The maximum absolute atomic E-state index is 12.6. The fourth-order valence-electron chi connectivity index (χ4n) is 3.38. The van der Waals surface area contributed by atoms with Crippen LogP contribution in [0.1, 0.15) is 31.2 Å². The second-order valence-electron chi connectivity index (χ2n) is 6.55. The fraction of sp³-hybridized carbons (Fsp3) is 0.556. The van der Waals surface area contributed by atoms with Crippen LogP contribution in [0, 0.1) is 5.92 Å². The van der Waals surface area contributed by atoms with E-state index in [1.807, 2.05) is 9.80 Å². The molecule has 0 N–H and O–H groups in total. The molecule has 1 saturated heterocycles. The first kappa shape index (κ1) is 17.8. The number of carbonyl (C=O) groups is 1. The molecule has 1 aliphatic carbocycles. The second-order valence-corrected chi connectivity index (χ2v) is 6.55. The van der Waals surface area contributed by atoms with Gasteiger partial charge in [-0.3, -0.25) is 4.79 Å². The van der Waals surface area contributed by atoms with Crippen molar-refractivity contribution in [1.82, 2.24) is 9.88 Å². The minimum absolute atomic E-state index is 0.0701. The second kappa shape index (κ2) is 7.45. The van der Waals surface area contributed by atoms with Crippen LogP contribution in [0.2, 0.25) is 0 Å². The van der Waals surface area contributed by atoms with Crippen LogP contribution < -0.4 is 4.90 Å². The van der Waals surface area contributed by atoms with E-state index in [1.54, 1.807) is 0 Å². The number of aromatic nitrogens is 1. The molecule has 1 aromatic heterocycles. The number of alkyl halides is 3. The van der Waals surface area contributed by atoms with E-state index in [1.165, 1.54) is 6.07 Å². The lowest BCUT2D eigenvalue weighted by molar-refractivity contribution is -0.138. The summed E-state index contributed by atoms with van der Waals surface area (Å²) in [7, 11) is 0. The zero-order valence-electron chi connectivity index (χ0n) is 14.0. The van der Waals surface area contributed by atoms with E-state index < -0.39 is 11.7 Å². The Hall–Kier alpha value is -2.05. The third kappa shape index (κ3) is 4.32. The highest BCUT2D eigenvalue weighted by atomic mass is 19.4. The molecule has 0 aromatic carbocycles. The van der Waals surface area contributed by atoms with E-state index in [4.69, 9.17) is 0 Å². The molecular weight excluding hydrogens is 331 g/mol. The number of pyridine rings is 1. The molecule has 1 aromatic rings. The van der Waals surface area contributed by atoms with Gasteiger partial charge in [0.2, 0.25) is 5.91 Å². The van der Waals surface area contributed by atoms with Crippen molar-refractivity contribution in [3.63, 3.8) is 0 Å². The molecule has 4 nitrogen and oxygen atoms in total. The van der Waals surface area contributed by atoms with Gasteiger partial charge in [-0.1, -0.05) is 12.2 Å². The average molecular weight is 353 g/mol. The van der Waals surface area contributed by atoms with Gasteiger partial charge in [-0.25, -0.2) is 4.98 Å². The Morgan fingerprint density at radius 2 is 1.96 bits per heavy atom. The maximum atomic E-state index is 12.6. The van der Waals surface area contributed by atoms with Gasteiger partial charge in [0.05, 0.1) is 5.56 Å². The summed E-state index contributed by atoms with van der Waals surface area (Å²) in [4.78, 5) is 20.4. The summed E-state index contributed by atoms with van der Waals surface area (Å²) in [6.07, 6.45) is 4.13. The third-order valence-corrected chi connectivity index (χ3v) is 4.83. The average Bonchev–Trinajstić information content (AvgIpc) is 2.87. The Kier molecular flexibility index (Phi) is 5.30. The Morgan fingerprint density at radius 1 is 1.12 bits per heavy atom. The smallest absolute Gasteiger partial charge is 0.355 e. The van der Waals surface area contributed by atoms with Crippen molar-refractivity contribution >= 4 is 11.7 Å². The molecule has 2 aliphatic rings. The fourth-order valence-corrected chi connectivity index (χ4v) is 3.38. The molecule has 2 heterocycles. The van der Waals surface area contributed by atoms with Gasteiger partial charge in [-0.05, 0) is 37.8 Å². The lowest BCUT2D eigenvalue weighted by Gasteiger charge is -2.27. The normalized spacial score (nSPS) is 22.0. The van der Waals surface area contributed by atoms with Crippen LogP contribution in [-0.2, 0) is 11.0 Å². The minimum atomic E-state index is -4.37. The monoisotopic (exact) mass is 353 g/mol. The Balaban J connectivity index is 1.61. The number of amides is 1. The number of allylic oxidation sites excluding steroid dienone is 2. The number of rotatable bonds is 2. The van der Waals surface area contributed by atoms with Gasteiger partial charge in [-0.15, -0.1) is 0 Å². The van der Waals surface area contributed by atoms with E-state index in [-0.39, 0.29) is 11.8 Å². The third-order valence-electron chi connectivity index (χ3n) is 4.83. The number of nitrogens with zero attached hydrogens (tertiary/aromatic N) is 3. The topological polar surface area (TPSA) is 36.4 Å². The van der Waals surface area contributed by atoms with Gasteiger partial charge in [-0.2, -0.15) is 13.2 Å². The Morgan fingerprint density at radius 3 is 2.60 bits per heavy atom. The largest absolute Gasteiger partial charge is 0.417 e. The van der Waals surface area contributed by atoms with Gasteiger partial charge in [0.25, 0.3) is 0 Å². The summed E-state index contributed by atoms with van der Waals surface area (Å²) in [5, 5.41) is 0. The number of carbonyl (C=O) groups excluding carboxylic acids is 1. The summed E-state index contributed by atoms with van der Waals surface area (Å²) < 4.78 is 37.9. The van der Waals surface area contributed by atoms with Crippen molar-refractivity contribution in [1.29, 1.82) is 0 Å². The lowest BCUT2D eigenvalue weighted by atomic mass is 9.93. The molecule has 1 unspecified atom stereocenters. The first-order valence-corrected chi connectivity index (χ1v) is 8.67. The highest BCUT2D eigenvalue weighted by Crippen LogP contribution is 2.29. The van der Waals surface area contributed by atoms with Crippen LogP contribution in [0.5, 0.6) is 0 Å². The quantitative estimate of drug-likeness (QED) is 0.764. The molecule has 136 valence electrons. The zero-order valence-corrected chi connectivity index (χ0v) is 14.0. The van der Waals surface area contributed by atoms with Crippen LogP contribution in [0.25, 0.3) is 0 Å². The van der Waals surface area contributed by atoms with Crippen molar-refractivity contribution in [3.8, 4) is 0 Å². The van der Waals surface area contributed by atoms with Crippen LogP contribution in [-0.4, -0.2) is 42.0 Å². The first-order valence-electron chi connectivity index (χ1n) is 8.67. The molecule has 25 heavy (non-hydrogen) atoms. The number of hydrogen-bond acceptors (Lipinski definition) is 3. The van der Waals surface area contributed by atoms with Crippen molar-refractivity contribution in [2.45, 2.75) is 31.9 Å². The van der Waals surface area contributed by atoms with Crippen LogP contribution in [0.15, 0.2) is 30.5 Å². The van der Waals surface area contributed by atoms with E-state index in [0.717, 1.165) is 37.9 Å². The van der Waals surface area contributed by atoms with Crippen LogP contribution in [0.3, 0.4) is 0 Å². The van der Waals surface area contributed by atoms with Gasteiger partial charge >= 0.3 is 6.18 Å². The number of hydrogen-bond donors (Lipinski definition) is 0. The minimum Gasteiger partial charge on any atom is -0.355 e. The van der Waals surface area contributed by atoms with Gasteiger partial charge < -0.3 is 9.80 Å². The molecule has 1 amide bonds. The molecule has 0 bridgehead atoms. The van der Waals surface area contributed by atoms with Gasteiger partial charge in [0.15, 0.2) is 0 Å². The molecule has 1 atom stereocenters. The SMILES string of the molecule is O=C(C1CC=CCC1)N1CCCN(c2ccc(C(F)(F)F)cn2)CC1. The zero-order chi connectivity index (χ0) is 17.9. The predicted octanol–water partition coefficient (Wildman–Crippen LogP) is 3.50. The predicted molar refractivity (Wildman–Crippen MR) is 89.1 cm³/mol. The van der Waals surface area contributed by atoms with Crippen molar-refractivity contribution in [2.75, 3.05) is 31.1 Å². The summed E-state index contributed by atoms with van der Waals surface area (Å²) >= 11 is 0. The highest BCUT2D eigenvalue weighted by Gasteiger charge is 2.31. The summed E-state index contributed by atoms with van der Waals surface area (Å²) in [5.74, 6) is 0.801. The number of anilines is 1. The molecular formula is C18H22F3N3O. The van der Waals surface area contributed by atoms with Crippen molar-refractivity contribution < 1.29 is 18.0 Å². The Bertz CT molecular complexity index is 627. The molecule has 0 spiro atoms. The molecule has 1 fully saturated rings. The maximum Gasteiger partial charge on any atom is 0.417 e. The molecule has 7 heteroatoms. The van der Waals surface area contributed by atoms with Crippen molar-refractivity contribution in [2.24, 2.45) is 5.92 Å². The van der Waals surface area contributed by atoms with Crippen LogP contribution in [0.4, 0.5) is 19.0 Å². The standard InChI is InChI=1S/C18H22F3N3O/c19-18(20,21)15-7-8-16(22-13-15)23-9-4-10-24(12-11-23)17(25)14-5-2-1-3-6-14/h1-2,7-8,13-14H,3-6,9-12H2. The summed E-state index contributed by atoms with van der Waals surface area (Å²) in [6.45, 7) is 2.55. The molecule has 3 rings (SSSR count). The van der Waals surface area contributed by atoms with E-state index >= 15 is 0 Å².